The topological polar surface area (TPSA) is 18.5 Å². The standard InChI is InChI=1S/C14H25BO2/c1-3-16-15(17-4-2)14-8-11-5-12(9-14)7-13(6-11)10-14/h11-13H,3-10H2,1-2H3. The molecule has 4 rings (SSSR count). The van der Waals surface area contributed by atoms with Gasteiger partial charge in [-0.3, -0.25) is 0 Å². The average molecular weight is 236 g/mol. The molecule has 0 aromatic heterocycles. The first-order valence-electron chi connectivity index (χ1n) is 7.49. The van der Waals surface area contributed by atoms with E-state index in [2.05, 4.69) is 13.8 Å². The highest BCUT2D eigenvalue weighted by molar-refractivity contribution is 6.48. The molecule has 0 radical (unpaired) electrons. The molecule has 4 fully saturated rings. The molecule has 4 aliphatic rings. The number of hydrogen-bond donors (Lipinski definition) is 0. The van der Waals surface area contributed by atoms with Gasteiger partial charge in [-0.25, -0.2) is 0 Å². The van der Waals surface area contributed by atoms with Crippen LogP contribution in [0.15, 0.2) is 0 Å². The van der Waals surface area contributed by atoms with Gasteiger partial charge in [-0.2, -0.15) is 0 Å². The number of hydrogen-bond acceptors (Lipinski definition) is 2. The van der Waals surface area contributed by atoms with Gasteiger partial charge in [0, 0.05) is 18.5 Å². The zero-order valence-corrected chi connectivity index (χ0v) is 11.3. The molecule has 17 heavy (non-hydrogen) atoms. The molecule has 0 N–H and O–H groups in total. The van der Waals surface area contributed by atoms with Crippen LogP contribution in [0.25, 0.3) is 0 Å². The van der Waals surface area contributed by atoms with Crippen LogP contribution in [0.1, 0.15) is 52.4 Å². The van der Waals surface area contributed by atoms with E-state index >= 15 is 0 Å². The molecule has 0 unspecified atom stereocenters. The van der Waals surface area contributed by atoms with Gasteiger partial charge in [-0.1, -0.05) is 0 Å². The molecule has 4 saturated carbocycles. The maximum Gasteiger partial charge on any atom is 0.463 e. The van der Waals surface area contributed by atoms with Gasteiger partial charge in [0.1, 0.15) is 0 Å². The van der Waals surface area contributed by atoms with Gasteiger partial charge in [0.15, 0.2) is 0 Å². The van der Waals surface area contributed by atoms with Gasteiger partial charge in [0.05, 0.1) is 0 Å². The van der Waals surface area contributed by atoms with E-state index in [1.165, 1.54) is 38.5 Å². The van der Waals surface area contributed by atoms with E-state index in [4.69, 9.17) is 9.31 Å². The van der Waals surface area contributed by atoms with E-state index in [1.54, 1.807) is 0 Å². The van der Waals surface area contributed by atoms with Crippen molar-refractivity contribution in [3.05, 3.63) is 0 Å². The predicted octanol–water partition coefficient (Wildman–Crippen LogP) is 3.52. The SMILES string of the molecule is CCOB(OCC)C12CC3CC(CC(C3)C1)C2. The van der Waals surface area contributed by atoms with Crippen LogP contribution in [0.2, 0.25) is 5.31 Å². The molecule has 2 nitrogen and oxygen atoms in total. The Balaban J connectivity index is 1.79. The Morgan fingerprint density at radius 1 is 0.882 bits per heavy atom. The van der Waals surface area contributed by atoms with Crippen molar-refractivity contribution in [1.82, 2.24) is 0 Å². The summed E-state index contributed by atoms with van der Waals surface area (Å²) >= 11 is 0. The minimum Gasteiger partial charge on any atom is -0.411 e. The Labute approximate surface area is 106 Å². The van der Waals surface area contributed by atoms with Crippen LogP contribution in [0.4, 0.5) is 0 Å². The summed E-state index contributed by atoms with van der Waals surface area (Å²) in [6.45, 7) is 5.75. The van der Waals surface area contributed by atoms with Gasteiger partial charge in [-0.15, -0.1) is 0 Å². The van der Waals surface area contributed by atoms with Gasteiger partial charge in [0.25, 0.3) is 0 Å². The summed E-state index contributed by atoms with van der Waals surface area (Å²) < 4.78 is 11.9. The largest absolute Gasteiger partial charge is 0.463 e. The van der Waals surface area contributed by atoms with Crippen LogP contribution in [-0.4, -0.2) is 20.3 Å². The van der Waals surface area contributed by atoms with E-state index in [0.29, 0.717) is 5.31 Å². The zero-order valence-electron chi connectivity index (χ0n) is 11.3. The van der Waals surface area contributed by atoms with Gasteiger partial charge < -0.3 is 9.31 Å². The van der Waals surface area contributed by atoms with Crippen LogP contribution >= 0.6 is 0 Å². The molecule has 4 bridgehead atoms. The molecule has 0 amide bonds. The Kier molecular flexibility index (Phi) is 3.25. The highest BCUT2D eigenvalue weighted by atomic mass is 16.6. The van der Waals surface area contributed by atoms with E-state index in [-0.39, 0.29) is 7.12 Å². The first-order valence-corrected chi connectivity index (χ1v) is 7.49. The highest BCUT2D eigenvalue weighted by Crippen LogP contribution is 2.65. The van der Waals surface area contributed by atoms with E-state index in [1.807, 2.05) is 0 Å². The fraction of sp³-hybridized carbons (Fsp3) is 1.00. The fourth-order valence-electron chi connectivity index (χ4n) is 5.17. The minimum absolute atomic E-state index is 0.0749. The summed E-state index contributed by atoms with van der Waals surface area (Å²) in [6, 6.07) is 0. The molecule has 3 heteroatoms. The lowest BCUT2D eigenvalue weighted by atomic mass is 9.38. The van der Waals surface area contributed by atoms with Gasteiger partial charge in [0.2, 0.25) is 0 Å². The molecule has 0 saturated heterocycles. The van der Waals surface area contributed by atoms with Crippen LogP contribution < -0.4 is 0 Å². The first kappa shape index (κ1) is 12.0. The Bertz CT molecular complexity index is 238. The van der Waals surface area contributed by atoms with E-state index in [9.17, 15) is 0 Å². The van der Waals surface area contributed by atoms with Crippen molar-refractivity contribution in [2.24, 2.45) is 17.8 Å². The third-order valence-corrected chi connectivity index (χ3v) is 5.22. The van der Waals surface area contributed by atoms with Crippen LogP contribution in [0.5, 0.6) is 0 Å². The molecular formula is C14H25BO2. The van der Waals surface area contributed by atoms with Crippen molar-refractivity contribution >= 4 is 7.12 Å². The van der Waals surface area contributed by atoms with Gasteiger partial charge >= 0.3 is 7.12 Å². The monoisotopic (exact) mass is 236 g/mol. The maximum absolute atomic E-state index is 5.94. The van der Waals surface area contributed by atoms with Crippen molar-refractivity contribution in [2.75, 3.05) is 13.2 Å². The molecule has 0 atom stereocenters. The second kappa shape index (κ2) is 4.58. The second-order valence-electron chi connectivity index (χ2n) is 6.52. The van der Waals surface area contributed by atoms with Crippen molar-refractivity contribution in [2.45, 2.75) is 57.7 Å². The number of rotatable bonds is 5. The smallest absolute Gasteiger partial charge is 0.411 e. The first-order chi connectivity index (χ1) is 8.25. The minimum atomic E-state index is 0.0749. The molecular weight excluding hydrogens is 211 g/mol. The highest BCUT2D eigenvalue weighted by Gasteiger charge is 2.57. The maximum atomic E-state index is 5.94. The lowest BCUT2D eigenvalue weighted by Crippen LogP contribution is -2.51. The van der Waals surface area contributed by atoms with E-state index < -0.39 is 0 Å². The summed E-state index contributed by atoms with van der Waals surface area (Å²) in [5.74, 6) is 2.93. The lowest BCUT2D eigenvalue weighted by molar-refractivity contribution is 0.00495. The molecule has 96 valence electrons. The van der Waals surface area contributed by atoms with Crippen molar-refractivity contribution in [3.8, 4) is 0 Å². The normalized spacial score (nSPS) is 43.1. The third kappa shape index (κ3) is 2.06. The summed E-state index contributed by atoms with van der Waals surface area (Å²) in [7, 11) is 0.0749. The average Bonchev–Trinajstić information content (AvgIpc) is 2.27. The summed E-state index contributed by atoms with van der Waals surface area (Å²) in [4.78, 5) is 0. The van der Waals surface area contributed by atoms with Crippen molar-refractivity contribution < 1.29 is 9.31 Å². The molecule has 0 heterocycles. The molecule has 0 aliphatic heterocycles. The van der Waals surface area contributed by atoms with E-state index in [0.717, 1.165) is 31.0 Å². The predicted molar refractivity (Wildman–Crippen MR) is 69.9 cm³/mol. The zero-order chi connectivity index (χ0) is 11.9. The molecule has 0 aromatic carbocycles. The molecule has 4 aliphatic carbocycles. The molecule has 0 spiro atoms. The molecule has 0 aromatic rings. The Morgan fingerprint density at radius 2 is 1.29 bits per heavy atom. The van der Waals surface area contributed by atoms with Crippen LogP contribution in [0.3, 0.4) is 0 Å². The summed E-state index contributed by atoms with van der Waals surface area (Å²) in [6.07, 6.45) is 8.57. The Hall–Kier alpha value is -0.0151. The second-order valence-corrected chi connectivity index (χ2v) is 6.52. The quantitative estimate of drug-likeness (QED) is 0.680. The summed E-state index contributed by atoms with van der Waals surface area (Å²) in [5, 5.41) is 0.376. The van der Waals surface area contributed by atoms with Gasteiger partial charge in [-0.05, 0) is 70.1 Å². The third-order valence-electron chi connectivity index (χ3n) is 5.22. The lowest BCUT2D eigenvalue weighted by Gasteiger charge is -2.57. The Morgan fingerprint density at radius 3 is 1.65 bits per heavy atom. The van der Waals surface area contributed by atoms with Crippen molar-refractivity contribution in [1.29, 1.82) is 0 Å². The fourth-order valence-corrected chi connectivity index (χ4v) is 5.17. The van der Waals surface area contributed by atoms with Crippen LogP contribution in [0, 0.1) is 17.8 Å². The van der Waals surface area contributed by atoms with Crippen LogP contribution in [-0.2, 0) is 9.31 Å². The summed E-state index contributed by atoms with van der Waals surface area (Å²) in [5.41, 5.74) is 0. The van der Waals surface area contributed by atoms with Crippen molar-refractivity contribution in [3.63, 3.8) is 0 Å².